The van der Waals surface area contributed by atoms with Crippen molar-refractivity contribution >= 4 is 21.6 Å². The first-order valence-electron chi connectivity index (χ1n) is 8.65. The van der Waals surface area contributed by atoms with Gasteiger partial charge in [-0.2, -0.15) is 0 Å². The molecule has 1 saturated carbocycles. The highest BCUT2D eigenvalue weighted by atomic mass is 32.2. The molecule has 0 spiro atoms. The Labute approximate surface area is 143 Å². The van der Waals surface area contributed by atoms with E-state index in [9.17, 15) is 13.2 Å². The predicted octanol–water partition coefficient (Wildman–Crippen LogP) is 2.09. The summed E-state index contributed by atoms with van der Waals surface area (Å²) in [5.41, 5.74) is 0.496. The molecular formula is C17H25N3O3S. The molecule has 0 radical (unpaired) electrons. The molecule has 1 atom stereocenters. The Morgan fingerprint density at radius 2 is 1.96 bits per heavy atom. The number of anilines is 1. The maximum atomic E-state index is 12.5. The van der Waals surface area contributed by atoms with E-state index < -0.39 is 9.84 Å². The molecule has 0 bridgehead atoms. The van der Waals surface area contributed by atoms with Gasteiger partial charge in [0, 0.05) is 25.3 Å². The van der Waals surface area contributed by atoms with Crippen LogP contribution in [0.3, 0.4) is 0 Å². The SMILES string of the molecule is CN(C(=O)c1ccc(NC2CCCCC2)nc1)C1CCS(=O)(=O)C1. The lowest BCUT2D eigenvalue weighted by molar-refractivity contribution is 0.0747. The van der Waals surface area contributed by atoms with Crippen LogP contribution in [0.1, 0.15) is 48.9 Å². The summed E-state index contributed by atoms with van der Waals surface area (Å²) in [6, 6.07) is 3.84. The molecule has 2 heterocycles. The second kappa shape index (κ2) is 7.09. The molecule has 0 aromatic carbocycles. The molecule has 1 amide bonds. The normalized spacial score (nSPS) is 23.8. The van der Waals surface area contributed by atoms with Gasteiger partial charge < -0.3 is 10.2 Å². The van der Waals surface area contributed by atoms with Crippen molar-refractivity contribution in [2.24, 2.45) is 0 Å². The third-order valence-electron chi connectivity index (χ3n) is 5.04. The number of carbonyl (C=O) groups is 1. The molecule has 6 nitrogen and oxygen atoms in total. The molecule has 7 heteroatoms. The molecule has 1 aliphatic heterocycles. The van der Waals surface area contributed by atoms with Crippen molar-refractivity contribution in [1.29, 1.82) is 0 Å². The van der Waals surface area contributed by atoms with E-state index >= 15 is 0 Å². The molecule has 2 fully saturated rings. The quantitative estimate of drug-likeness (QED) is 0.898. The van der Waals surface area contributed by atoms with E-state index in [0.717, 1.165) is 5.82 Å². The zero-order chi connectivity index (χ0) is 17.2. The van der Waals surface area contributed by atoms with Crippen molar-refractivity contribution in [2.45, 2.75) is 50.6 Å². The molecule has 3 rings (SSSR count). The van der Waals surface area contributed by atoms with Gasteiger partial charge in [0.2, 0.25) is 0 Å². The molecule has 1 aliphatic carbocycles. The average Bonchev–Trinajstić information content (AvgIpc) is 2.95. The van der Waals surface area contributed by atoms with E-state index in [4.69, 9.17) is 0 Å². The number of rotatable bonds is 4. The molecule has 24 heavy (non-hydrogen) atoms. The van der Waals surface area contributed by atoms with Crippen LogP contribution in [0, 0.1) is 0 Å². The Kier molecular flexibility index (Phi) is 5.08. The summed E-state index contributed by atoms with van der Waals surface area (Å²) in [5.74, 6) is 0.847. The molecule has 1 aromatic heterocycles. The summed E-state index contributed by atoms with van der Waals surface area (Å²) in [6.07, 6.45) is 8.24. The van der Waals surface area contributed by atoms with Crippen molar-refractivity contribution in [2.75, 3.05) is 23.9 Å². The Hall–Kier alpha value is -1.63. The van der Waals surface area contributed by atoms with Crippen LogP contribution in [0.4, 0.5) is 5.82 Å². The third kappa shape index (κ3) is 4.06. The maximum absolute atomic E-state index is 12.5. The number of hydrogen-bond acceptors (Lipinski definition) is 5. The Morgan fingerprint density at radius 3 is 2.54 bits per heavy atom. The van der Waals surface area contributed by atoms with E-state index in [1.807, 2.05) is 6.07 Å². The number of nitrogens with zero attached hydrogens (tertiary/aromatic N) is 2. The summed E-state index contributed by atoms with van der Waals surface area (Å²) in [7, 11) is -1.33. The van der Waals surface area contributed by atoms with Crippen molar-refractivity contribution in [3.05, 3.63) is 23.9 Å². The fourth-order valence-corrected chi connectivity index (χ4v) is 5.29. The minimum atomic E-state index is -3.00. The van der Waals surface area contributed by atoms with Gasteiger partial charge in [-0.25, -0.2) is 13.4 Å². The van der Waals surface area contributed by atoms with Gasteiger partial charge in [0.25, 0.3) is 5.91 Å². The molecule has 132 valence electrons. The molecule has 1 saturated heterocycles. The number of aromatic nitrogens is 1. The van der Waals surface area contributed by atoms with Gasteiger partial charge in [0.05, 0.1) is 17.1 Å². The molecule has 2 aliphatic rings. The number of pyridine rings is 1. The fourth-order valence-electron chi connectivity index (χ4n) is 3.51. The fraction of sp³-hybridized carbons (Fsp3) is 0.647. The maximum Gasteiger partial charge on any atom is 0.255 e. The van der Waals surface area contributed by atoms with Crippen molar-refractivity contribution in [3.8, 4) is 0 Å². The van der Waals surface area contributed by atoms with Gasteiger partial charge in [-0.05, 0) is 31.4 Å². The van der Waals surface area contributed by atoms with E-state index in [1.165, 1.54) is 37.0 Å². The minimum absolute atomic E-state index is 0.0595. The highest BCUT2D eigenvalue weighted by molar-refractivity contribution is 7.91. The van der Waals surface area contributed by atoms with Crippen LogP contribution in [0.15, 0.2) is 18.3 Å². The summed E-state index contributed by atoms with van der Waals surface area (Å²) in [4.78, 5) is 18.4. The van der Waals surface area contributed by atoms with Crippen LogP contribution in [0.5, 0.6) is 0 Å². The Balaban J connectivity index is 1.61. The van der Waals surface area contributed by atoms with Gasteiger partial charge >= 0.3 is 0 Å². The lowest BCUT2D eigenvalue weighted by Gasteiger charge is -2.24. The predicted molar refractivity (Wildman–Crippen MR) is 93.9 cm³/mol. The van der Waals surface area contributed by atoms with Gasteiger partial charge in [-0.15, -0.1) is 0 Å². The molecule has 1 unspecified atom stereocenters. The smallest absolute Gasteiger partial charge is 0.255 e. The van der Waals surface area contributed by atoms with Crippen molar-refractivity contribution in [3.63, 3.8) is 0 Å². The number of hydrogen-bond donors (Lipinski definition) is 1. The van der Waals surface area contributed by atoms with Gasteiger partial charge in [0.15, 0.2) is 9.84 Å². The highest BCUT2D eigenvalue weighted by Crippen LogP contribution is 2.22. The highest BCUT2D eigenvalue weighted by Gasteiger charge is 2.33. The van der Waals surface area contributed by atoms with E-state index in [1.54, 1.807) is 19.3 Å². The first kappa shape index (κ1) is 17.2. The number of carbonyl (C=O) groups excluding carboxylic acids is 1. The van der Waals surface area contributed by atoms with Crippen LogP contribution >= 0.6 is 0 Å². The summed E-state index contributed by atoms with van der Waals surface area (Å²) in [6.45, 7) is 0. The topological polar surface area (TPSA) is 79.4 Å². The van der Waals surface area contributed by atoms with E-state index in [-0.39, 0.29) is 23.5 Å². The first-order valence-corrected chi connectivity index (χ1v) is 10.5. The van der Waals surface area contributed by atoms with Gasteiger partial charge in [-0.1, -0.05) is 19.3 Å². The largest absolute Gasteiger partial charge is 0.367 e. The third-order valence-corrected chi connectivity index (χ3v) is 6.79. The lowest BCUT2D eigenvalue weighted by atomic mass is 9.95. The van der Waals surface area contributed by atoms with Crippen LogP contribution in [-0.4, -0.2) is 54.8 Å². The first-order chi connectivity index (χ1) is 11.4. The van der Waals surface area contributed by atoms with E-state index in [0.29, 0.717) is 18.0 Å². The van der Waals surface area contributed by atoms with Crippen LogP contribution < -0.4 is 5.32 Å². The lowest BCUT2D eigenvalue weighted by Crippen LogP contribution is -2.37. The summed E-state index contributed by atoms with van der Waals surface area (Å²) in [5, 5.41) is 3.43. The minimum Gasteiger partial charge on any atom is -0.367 e. The molecule has 1 aromatic rings. The van der Waals surface area contributed by atoms with Gasteiger partial charge in [-0.3, -0.25) is 4.79 Å². The van der Waals surface area contributed by atoms with Crippen molar-refractivity contribution < 1.29 is 13.2 Å². The standard InChI is InChI=1S/C17H25N3O3S/c1-20(15-9-10-24(22,23)12-15)17(21)13-7-8-16(18-11-13)19-14-5-3-2-4-6-14/h7-8,11,14-15H,2-6,9-10,12H2,1H3,(H,18,19). The van der Waals surface area contributed by atoms with Crippen molar-refractivity contribution in [1.82, 2.24) is 9.88 Å². The Bertz CT molecular complexity index is 682. The zero-order valence-corrected chi connectivity index (χ0v) is 14.9. The monoisotopic (exact) mass is 351 g/mol. The number of amides is 1. The van der Waals surface area contributed by atoms with Crippen LogP contribution in [0.25, 0.3) is 0 Å². The number of sulfone groups is 1. The molecule has 1 N–H and O–H groups in total. The van der Waals surface area contributed by atoms with E-state index in [2.05, 4.69) is 10.3 Å². The van der Waals surface area contributed by atoms with Crippen LogP contribution in [0.2, 0.25) is 0 Å². The van der Waals surface area contributed by atoms with Crippen LogP contribution in [-0.2, 0) is 9.84 Å². The summed E-state index contributed by atoms with van der Waals surface area (Å²) >= 11 is 0. The zero-order valence-electron chi connectivity index (χ0n) is 14.1. The Morgan fingerprint density at radius 1 is 1.21 bits per heavy atom. The second-order valence-corrected chi connectivity index (χ2v) is 9.11. The summed E-state index contributed by atoms with van der Waals surface area (Å²) < 4.78 is 23.2. The number of nitrogens with one attached hydrogen (secondary N) is 1. The van der Waals surface area contributed by atoms with Gasteiger partial charge in [0.1, 0.15) is 5.82 Å². The second-order valence-electron chi connectivity index (χ2n) is 6.88. The molecular weight excluding hydrogens is 326 g/mol. The average molecular weight is 351 g/mol.